The summed E-state index contributed by atoms with van der Waals surface area (Å²) < 4.78 is 0. The number of hydrogen-bond donors (Lipinski definition) is 0. The largest absolute Gasteiger partial charge is 0.0885 e. The van der Waals surface area contributed by atoms with Gasteiger partial charge in [-0.3, -0.25) is 0 Å². The summed E-state index contributed by atoms with van der Waals surface area (Å²) in [5.41, 5.74) is 0. The molecule has 0 heteroatoms. The molecule has 0 rings (SSSR count). The molecule has 0 saturated carbocycles. The van der Waals surface area contributed by atoms with Gasteiger partial charge in [0.2, 0.25) is 0 Å². The van der Waals surface area contributed by atoms with E-state index in [0.717, 1.165) is 0 Å². The molecule has 23 heavy (non-hydrogen) atoms. The lowest BCUT2D eigenvalue weighted by Gasteiger charge is -2.01. The van der Waals surface area contributed by atoms with Crippen LogP contribution in [0, 0.1) is 0 Å². The maximum Gasteiger partial charge on any atom is -0.0351 e. The molecule has 0 saturated heterocycles. The van der Waals surface area contributed by atoms with Gasteiger partial charge in [-0.1, -0.05) is 122 Å². The van der Waals surface area contributed by atoms with Crippen molar-refractivity contribution >= 4 is 0 Å². The molecule has 138 valence electrons. The highest BCUT2D eigenvalue weighted by atomic mass is 14.0. The van der Waals surface area contributed by atoms with Crippen LogP contribution in [0.4, 0.5) is 0 Å². The Labute approximate surface area is 148 Å². The van der Waals surface area contributed by atoms with E-state index in [9.17, 15) is 0 Å². The van der Waals surface area contributed by atoms with E-state index >= 15 is 0 Å². The van der Waals surface area contributed by atoms with Gasteiger partial charge in [0, 0.05) is 0 Å². The first-order chi connectivity index (χ1) is 11.4. The summed E-state index contributed by atoms with van der Waals surface area (Å²) in [4.78, 5) is 0. The van der Waals surface area contributed by atoms with Crippen LogP contribution in [-0.4, -0.2) is 0 Å². The van der Waals surface area contributed by atoms with Crippen LogP contribution < -0.4 is 0 Å². The van der Waals surface area contributed by atoms with Gasteiger partial charge >= 0.3 is 0 Å². The van der Waals surface area contributed by atoms with Gasteiger partial charge in [-0.15, -0.1) is 0 Å². The highest BCUT2D eigenvalue weighted by molar-refractivity contribution is 4.81. The van der Waals surface area contributed by atoms with Crippen LogP contribution in [0.5, 0.6) is 0 Å². The van der Waals surface area contributed by atoms with Gasteiger partial charge in [0.1, 0.15) is 0 Å². The monoisotopic (exact) mass is 322 g/mol. The van der Waals surface area contributed by atoms with E-state index in [1.807, 2.05) is 0 Å². The first kappa shape index (κ1) is 22.7. The van der Waals surface area contributed by atoms with Crippen molar-refractivity contribution in [2.24, 2.45) is 0 Å². The Morgan fingerprint density at radius 1 is 0.348 bits per heavy atom. The van der Waals surface area contributed by atoms with Crippen LogP contribution in [0.1, 0.15) is 136 Å². The molecule has 0 atom stereocenters. The van der Waals surface area contributed by atoms with Crippen LogP contribution in [0.25, 0.3) is 0 Å². The molecule has 0 aliphatic carbocycles. The second kappa shape index (κ2) is 21.7. The summed E-state index contributed by atoms with van der Waals surface area (Å²) >= 11 is 0. The molecular formula is C23H46. The van der Waals surface area contributed by atoms with E-state index in [0.29, 0.717) is 0 Å². The lowest BCUT2D eigenvalue weighted by atomic mass is 10.1. The number of allylic oxidation sites excluding steroid dienone is 2. The van der Waals surface area contributed by atoms with Gasteiger partial charge in [-0.05, 0) is 25.7 Å². The van der Waals surface area contributed by atoms with Crippen LogP contribution in [0.2, 0.25) is 0 Å². The number of rotatable bonds is 19. The fraction of sp³-hybridized carbons (Fsp3) is 0.913. The van der Waals surface area contributed by atoms with Crippen molar-refractivity contribution in [1.29, 1.82) is 0 Å². The van der Waals surface area contributed by atoms with Crippen molar-refractivity contribution in [3.8, 4) is 0 Å². The lowest BCUT2D eigenvalue weighted by molar-refractivity contribution is 0.557. The molecule has 0 fully saturated rings. The molecule has 0 nitrogen and oxygen atoms in total. The fourth-order valence-corrected chi connectivity index (χ4v) is 3.20. The van der Waals surface area contributed by atoms with Gasteiger partial charge < -0.3 is 0 Å². The third kappa shape index (κ3) is 21.7. The average Bonchev–Trinajstić information content (AvgIpc) is 2.57. The molecule has 0 spiro atoms. The molecule has 0 bridgehead atoms. The van der Waals surface area contributed by atoms with Gasteiger partial charge in [0.15, 0.2) is 0 Å². The maximum atomic E-state index is 2.43. The van der Waals surface area contributed by atoms with Crippen molar-refractivity contribution in [2.45, 2.75) is 136 Å². The van der Waals surface area contributed by atoms with Gasteiger partial charge in [-0.25, -0.2) is 0 Å². The predicted molar refractivity (Wildman–Crippen MR) is 108 cm³/mol. The molecule has 0 heterocycles. The standard InChI is InChI=1S/C23H46/c1-3-5-7-9-11-13-15-17-19-21-23-22-20-18-16-14-12-10-8-6-4-2/h19,21H,3-18,20,22-23H2,1-2H3/b21-19+. The first-order valence-electron chi connectivity index (χ1n) is 11.1. The lowest BCUT2D eigenvalue weighted by Crippen LogP contribution is -1.81. The second-order valence-electron chi connectivity index (χ2n) is 7.35. The minimum atomic E-state index is 1.31. The Morgan fingerprint density at radius 2 is 0.609 bits per heavy atom. The zero-order chi connectivity index (χ0) is 16.8. The molecule has 0 aliphatic rings. The molecule has 0 aromatic heterocycles. The quantitative estimate of drug-likeness (QED) is 0.164. The van der Waals surface area contributed by atoms with Gasteiger partial charge in [0.05, 0.1) is 0 Å². The van der Waals surface area contributed by atoms with E-state index in [4.69, 9.17) is 0 Å². The first-order valence-corrected chi connectivity index (χ1v) is 11.1. The Morgan fingerprint density at radius 3 is 0.913 bits per heavy atom. The highest BCUT2D eigenvalue weighted by Crippen LogP contribution is 2.12. The number of unbranched alkanes of at least 4 members (excludes halogenated alkanes) is 17. The Kier molecular flexibility index (Phi) is 21.5. The number of hydrogen-bond acceptors (Lipinski definition) is 0. The summed E-state index contributed by atoms with van der Waals surface area (Å²) in [5, 5.41) is 0. The van der Waals surface area contributed by atoms with Crippen molar-refractivity contribution < 1.29 is 0 Å². The van der Waals surface area contributed by atoms with E-state index < -0.39 is 0 Å². The smallest absolute Gasteiger partial charge is 0.0351 e. The Balaban J connectivity index is 3.03. The molecule has 0 radical (unpaired) electrons. The SMILES string of the molecule is CCCCCCCCC/C=C/CCCCCCCCCCCC. The molecule has 0 aromatic rings. The van der Waals surface area contributed by atoms with Crippen molar-refractivity contribution in [2.75, 3.05) is 0 Å². The Hall–Kier alpha value is -0.260. The van der Waals surface area contributed by atoms with Crippen LogP contribution >= 0.6 is 0 Å². The topological polar surface area (TPSA) is 0 Å². The zero-order valence-electron chi connectivity index (χ0n) is 16.6. The van der Waals surface area contributed by atoms with Crippen LogP contribution in [0.3, 0.4) is 0 Å². The summed E-state index contributed by atoms with van der Waals surface area (Å²) in [5.74, 6) is 0. The minimum absolute atomic E-state index is 1.31. The molecule has 0 aliphatic heterocycles. The molecular weight excluding hydrogens is 276 g/mol. The third-order valence-corrected chi connectivity index (χ3v) is 4.87. The van der Waals surface area contributed by atoms with Crippen molar-refractivity contribution in [1.82, 2.24) is 0 Å². The molecule has 0 N–H and O–H groups in total. The minimum Gasteiger partial charge on any atom is -0.0885 e. The van der Waals surface area contributed by atoms with E-state index in [1.165, 1.54) is 122 Å². The maximum absolute atomic E-state index is 2.43. The predicted octanol–water partition coefficient (Wildman–Crippen LogP) is 8.99. The van der Waals surface area contributed by atoms with Gasteiger partial charge in [0.25, 0.3) is 0 Å². The second-order valence-corrected chi connectivity index (χ2v) is 7.35. The Bertz CT molecular complexity index is 216. The van der Waals surface area contributed by atoms with Gasteiger partial charge in [-0.2, -0.15) is 0 Å². The van der Waals surface area contributed by atoms with Crippen LogP contribution in [-0.2, 0) is 0 Å². The van der Waals surface area contributed by atoms with Crippen molar-refractivity contribution in [3.63, 3.8) is 0 Å². The summed E-state index contributed by atoms with van der Waals surface area (Å²) in [6.07, 6.45) is 31.9. The molecule has 0 aromatic carbocycles. The zero-order valence-corrected chi connectivity index (χ0v) is 16.6. The van der Waals surface area contributed by atoms with Crippen molar-refractivity contribution in [3.05, 3.63) is 12.2 Å². The normalized spacial score (nSPS) is 11.6. The summed E-state index contributed by atoms with van der Waals surface area (Å²) in [7, 11) is 0. The highest BCUT2D eigenvalue weighted by Gasteiger charge is 1.92. The average molecular weight is 323 g/mol. The van der Waals surface area contributed by atoms with E-state index in [1.54, 1.807) is 0 Å². The molecule has 0 amide bonds. The van der Waals surface area contributed by atoms with E-state index in [-0.39, 0.29) is 0 Å². The fourth-order valence-electron chi connectivity index (χ4n) is 3.20. The van der Waals surface area contributed by atoms with Crippen LogP contribution in [0.15, 0.2) is 12.2 Å². The molecule has 0 unspecified atom stereocenters. The third-order valence-electron chi connectivity index (χ3n) is 4.87. The summed E-state index contributed by atoms with van der Waals surface area (Å²) in [6.45, 7) is 4.59. The van der Waals surface area contributed by atoms with E-state index in [2.05, 4.69) is 26.0 Å². The summed E-state index contributed by atoms with van der Waals surface area (Å²) in [6, 6.07) is 0.